The Balaban J connectivity index is 2.81. The number of amides is 1. The maximum absolute atomic E-state index is 11.7. The molecule has 1 N–H and O–H groups in total. The molecule has 6 heteroatoms. The van der Waals surface area contributed by atoms with Crippen molar-refractivity contribution in [1.82, 2.24) is 9.88 Å². The van der Waals surface area contributed by atoms with E-state index in [-0.39, 0.29) is 12.3 Å². The van der Waals surface area contributed by atoms with E-state index in [0.29, 0.717) is 12.2 Å². The van der Waals surface area contributed by atoms with E-state index in [4.69, 9.17) is 5.11 Å². The molecule has 0 aliphatic rings. The number of hydrogen-bond donors (Lipinski definition) is 1. The molecular weight excluding hydrogens is 234 g/mol. The van der Waals surface area contributed by atoms with Crippen LogP contribution >= 0.6 is 0 Å². The van der Waals surface area contributed by atoms with Gasteiger partial charge in [-0.3, -0.25) is 14.6 Å². The van der Waals surface area contributed by atoms with Gasteiger partial charge in [0.05, 0.1) is 6.42 Å². The van der Waals surface area contributed by atoms with E-state index in [1.807, 2.05) is 0 Å². The highest BCUT2D eigenvalue weighted by Gasteiger charge is 2.11. The molecule has 6 nitrogen and oxygen atoms in total. The molecule has 1 aromatic heterocycles. The number of aromatic nitrogens is 1. The summed E-state index contributed by atoms with van der Waals surface area (Å²) in [6, 6.07) is 3.40. The van der Waals surface area contributed by atoms with Gasteiger partial charge in [0.15, 0.2) is 0 Å². The second-order valence-corrected chi connectivity index (χ2v) is 4.16. The highest BCUT2D eigenvalue weighted by atomic mass is 16.4. The molecule has 1 aromatic rings. The Labute approximate surface area is 106 Å². The molecule has 0 saturated heterocycles. The second kappa shape index (κ2) is 6.00. The number of carbonyl (C=O) groups is 2. The summed E-state index contributed by atoms with van der Waals surface area (Å²) in [7, 11) is 5.10. The number of nitrogens with zero attached hydrogens (tertiary/aromatic N) is 3. The zero-order valence-corrected chi connectivity index (χ0v) is 10.8. The fraction of sp³-hybridized carbons (Fsp3) is 0.417. The maximum Gasteiger partial charge on any atom is 0.305 e. The van der Waals surface area contributed by atoms with Gasteiger partial charge >= 0.3 is 5.97 Å². The van der Waals surface area contributed by atoms with Gasteiger partial charge in [-0.2, -0.15) is 0 Å². The third kappa shape index (κ3) is 3.73. The summed E-state index contributed by atoms with van der Waals surface area (Å²) in [6.45, 7) is 0.384. The van der Waals surface area contributed by atoms with Crippen LogP contribution in [-0.2, 0) is 4.79 Å². The number of anilines is 1. The monoisotopic (exact) mass is 251 g/mol. The lowest BCUT2D eigenvalue weighted by atomic mass is 10.2. The third-order valence-corrected chi connectivity index (χ3v) is 2.47. The molecule has 18 heavy (non-hydrogen) atoms. The number of rotatable bonds is 5. The van der Waals surface area contributed by atoms with Crippen molar-refractivity contribution in [2.24, 2.45) is 0 Å². The Morgan fingerprint density at radius 1 is 1.33 bits per heavy atom. The molecule has 0 unspecified atom stereocenters. The number of carboxylic acid groups (broad SMARTS) is 1. The Morgan fingerprint density at radius 3 is 2.56 bits per heavy atom. The summed E-state index contributed by atoms with van der Waals surface area (Å²) in [6.07, 6.45) is 1.60. The fourth-order valence-corrected chi connectivity index (χ4v) is 1.40. The van der Waals surface area contributed by atoms with Gasteiger partial charge in [0.1, 0.15) is 5.69 Å². The number of carbonyl (C=O) groups excluding carboxylic acids is 1. The van der Waals surface area contributed by atoms with E-state index >= 15 is 0 Å². The van der Waals surface area contributed by atoms with Gasteiger partial charge in [0.2, 0.25) is 0 Å². The van der Waals surface area contributed by atoms with Crippen molar-refractivity contribution in [2.45, 2.75) is 6.42 Å². The molecule has 98 valence electrons. The van der Waals surface area contributed by atoms with Crippen molar-refractivity contribution < 1.29 is 14.7 Å². The van der Waals surface area contributed by atoms with Crippen LogP contribution in [0.4, 0.5) is 5.69 Å². The van der Waals surface area contributed by atoms with E-state index in [9.17, 15) is 9.59 Å². The van der Waals surface area contributed by atoms with Crippen molar-refractivity contribution in [3.63, 3.8) is 0 Å². The minimum absolute atomic E-state index is 0.0514. The van der Waals surface area contributed by atoms with Crippen molar-refractivity contribution in [3.8, 4) is 0 Å². The normalized spacial score (nSPS) is 9.94. The first kappa shape index (κ1) is 14.0. The first-order chi connectivity index (χ1) is 8.41. The van der Waals surface area contributed by atoms with Gasteiger partial charge in [-0.25, -0.2) is 0 Å². The average molecular weight is 251 g/mol. The number of hydrogen-bond acceptors (Lipinski definition) is 4. The van der Waals surface area contributed by atoms with Gasteiger partial charge in [0, 0.05) is 39.6 Å². The zero-order valence-electron chi connectivity index (χ0n) is 10.8. The van der Waals surface area contributed by atoms with Crippen LogP contribution in [0.2, 0.25) is 0 Å². The SMILES string of the molecule is CN(C)C(=O)c1cc(N(C)CCC(=O)O)ccn1. The number of carboxylic acids is 1. The summed E-state index contributed by atoms with van der Waals surface area (Å²) in [5, 5.41) is 8.63. The number of aliphatic carboxylic acids is 1. The fourth-order valence-electron chi connectivity index (χ4n) is 1.40. The quantitative estimate of drug-likeness (QED) is 0.833. The van der Waals surface area contributed by atoms with Gasteiger partial charge in [-0.1, -0.05) is 0 Å². The minimum Gasteiger partial charge on any atom is -0.481 e. The smallest absolute Gasteiger partial charge is 0.305 e. The molecular formula is C12H17N3O3. The average Bonchev–Trinajstić information content (AvgIpc) is 2.34. The van der Waals surface area contributed by atoms with Crippen molar-refractivity contribution >= 4 is 17.6 Å². The predicted molar refractivity (Wildman–Crippen MR) is 67.8 cm³/mol. The number of pyridine rings is 1. The molecule has 0 bridgehead atoms. The van der Waals surface area contributed by atoms with E-state index in [1.165, 1.54) is 4.90 Å². The minimum atomic E-state index is -0.847. The van der Waals surface area contributed by atoms with Crippen LogP contribution in [-0.4, -0.2) is 54.6 Å². The van der Waals surface area contributed by atoms with Gasteiger partial charge in [-0.15, -0.1) is 0 Å². The van der Waals surface area contributed by atoms with Crippen molar-refractivity contribution in [2.75, 3.05) is 32.6 Å². The summed E-state index contributed by atoms with van der Waals surface area (Å²) in [5.41, 5.74) is 1.12. The maximum atomic E-state index is 11.7. The lowest BCUT2D eigenvalue weighted by molar-refractivity contribution is -0.136. The Morgan fingerprint density at radius 2 is 2.00 bits per heavy atom. The summed E-state index contributed by atoms with van der Waals surface area (Å²) < 4.78 is 0. The summed E-state index contributed by atoms with van der Waals surface area (Å²) >= 11 is 0. The van der Waals surface area contributed by atoms with E-state index in [1.54, 1.807) is 44.4 Å². The van der Waals surface area contributed by atoms with Crippen LogP contribution in [0.5, 0.6) is 0 Å². The second-order valence-electron chi connectivity index (χ2n) is 4.16. The summed E-state index contributed by atoms with van der Waals surface area (Å²) in [4.78, 5) is 29.5. The topological polar surface area (TPSA) is 73.7 Å². The largest absolute Gasteiger partial charge is 0.481 e. The molecule has 1 rings (SSSR count). The van der Waals surface area contributed by atoms with Crippen LogP contribution < -0.4 is 4.90 Å². The zero-order chi connectivity index (χ0) is 13.7. The van der Waals surface area contributed by atoms with E-state index < -0.39 is 5.97 Å². The molecule has 0 atom stereocenters. The van der Waals surface area contributed by atoms with Crippen LogP contribution in [0.25, 0.3) is 0 Å². The molecule has 0 fully saturated rings. The van der Waals surface area contributed by atoms with Crippen LogP contribution in [0.3, 0.4) is 0 Å². The standard InChI is InChI=1S/C12H17N3O3/c1-14(2)12(18)10-8-9(4-6-13-10)15(3)7-5-11(16)17/h4,6,8H,5,7H2,1-3H3,(H,16,17). The Hall–Kier alpha value is -2.11. The predicted octanol–water partition coefficient (Wildman–Crippen LogP) is 0.694. The molecule has 0 aromatic carbocycles. The molecule has 0 aliphatic heterocycles. The van der Waals surface area contributed by atoms with E-state index in [2.05, 4.69) is 4.98 Å². The van der Waals surface area contributed by atoms with Crippen LogP contribution in [0.15, 0.2) is 18.3 Å². The molecule has 1 heterocycles. The molecule has 0 aliphatic carbocycles. The first-order valence-electron chi connectivity index (χ1n) is 5.52. The lowest BCUT2D eigenvalue weighted by Gasteiger charge is -2.19. The lowest BCUT2D eigenvalue weighted by Crippen LogP contribution is -2.24. The molecule has 0 saturated carbocycles. The summed E-state index contributed by atoms with van der Waals surface area (Å²) in [5.74, 6) is -1.02. The van der Waals surface area contributed by atoms with Gasteiger partial charge < -0.3 is 14.9 Å². The highest BCUT2D eigenvalue weighted by molar-refractivity contribution is 5.92. The van der Waals surface area contributed by atoms with Gasteiger partial charge in [0.25, 0.3) is 5.91 Å². The van der Waals surface area contributed by atoms with Crippen molar-refractivity contribution in [1.29, 1.82) is 0 Å². The molecule has 0 spiro atoms. The van der Waals surface area contributed by atoms with Crippen LogP contribution in [0, 0.1) is 0 Å². The molecule has 0 radical (unpaired) electrons. The first-order valence-corrected chi connectivity index (χ1v) is 5.52. The van der Waals surface area contributed by atoms with Crippen molar-refractivity contribution in [3.05, 3.63) is 24.0 Å². The Kier molecular flexibility index (Phi) is 4.65. The Bertz CT molecular complexity index is 446. The van der Waals surface area contributed by atoms with Gasteiger partial charge in [-0.05, 0) is 12.1 Å². The molecule has 1 amide bonds. The van der Waals surface area contributed by atoms with E-state index in [0.717, 1.165) is 5.69 Å². The van der Waals surface area contributed by atoms with Crippen LogP contribution in [0.1, 0.15) is 16.9 Å². The third-order valence-electron chi connectivity index (χ3n) is 2.47. The highest BCUT2D eigenvalue weighted by Crippen LogP contribution is 2.14.